The van der Waals surface area contributed by atoms with Gasteiger partial charge in [0, 0.05) is 33.2 Å². The number of ether oxygens (including phenoxy) is 1. The second-order valence-electron chi connectivity index (χ2n) is 4.00. The summed E-state index contributed by atoms with van der Waals surface area (Å²) in [4.78, 5) is 13.7. The van der Waals surface area contributed by atoms with Crippen molar-refractivity contribution in [3.8, 4) is 0 Å². The molecule has 0 saturated carbocycles. The Kier molecular flexibility index (Phi) is 6.36. The van der Waals surface area contributed by atoms with Crippen LogP contribution in [0.15, 0.2) is 0 Å². The molecule has 0 aromatic carbocycles. The monoisotopic (exact) mass is 214 g/mol. The third-order valence-corrected chi connectivity index (χ3v) is 2.70. The van der Waals surface area contributed by atoms with Gasteiger partial charge in [-0.1, -0.05) is 0 Å². The van der Waals surface area contributed by atoms with Gasteiger partial charge in [-0.25, -0.2) is 0 Å². The lowest BCUT2D eigenvalue weighted by Gasteiger charge is -2.13. The third-order valence-electron chi connectivity index (χ3n) is 2.70. The van der Waals surface area contributed by atoms with E-state index in [1.807, 2.05) is 0 Å². The average molecular weight is 214 g/mol. The fourth-order valence-corrected chi connectivity index (χ4v) is 1.80. The van der Waals surface area contributed by atoms with Crippen LogP contribution in [0.25, 0.3) is 0 Å². The first-order chi connectivity index (χ1) is 7.33. The van der Waals surface area contributed by atoms with Crippen LogP contribution in [0.3, 0.4) is 0 Å². The summed E-state index contributed by atoms with van der Waals surface area (Å²) in [6, 6.07) is 0. The van der Waals surface area contributed by atoms with Crippen molar-refractivity contribution in [2.24, 2.45) is 0 Å². The summed E-state index contributed by atoms with van der Waals surface area (Å²) in [5, 5.41) is 2.90. The Bertz CT molecular complexity index is 179. The molecule has 88 valence electrons. The quantitative estimate of drug-likeness (QED) is 0.632. The van der Waals surface area contributed by atoms with E-state index in [4.69, 9.17) is 4.74 Å². The predicted octanol–water partition coefficient (Wildman–Crippen LogP) is 0.625. The number of likely N-dealkylation sites (tertiary alicyclic amines) is 1. The van der Waals surface area contributed by atoms with Crippen LogP contribution in [0.4, 0.5) is 0 Å². The molecule has 1 rings (SSSR count). The lowest BCUT2D eigenvalue weighted by atomic mass is 10.3. The molecule has 1 fully saturated rings. The minimum absolute atomic E-state index is 0.165. The molecular weight excluding hydrogens is 192 g/mol. The lowest BCUT2D eigenvalue weighted by Crippen LogP contribution is -2.30. The van der Waals surface area contributed by atoms with Crippen LogP contribution in [-0.4, -0.2) is 50.7 Å². The summed E-state index contributed by atoms with van der Waals surface area (Å²) < 4.78 is 4.91. The number of amides is 1. The minimum Gasteiger partial charge on any atom is -0.385 e. The highest BCUT2D eigenvalue weighted by Crippen LogP contribution is 2.06. The van der Waals surface area contributed by atoms with Crippen LogP contribution in [0.2, 0.25) is 0 Å². The van der Waals surface area contributed by atoms with Crippen LogP contribution < -0.4 is 5.32 Å². The number of hydrogen-bond donors (Lipinski definition) is 1. The zero-order chi connectivity index (χ0) is 10.9. The van der Waals surface area contributed by atoms with Crippen molar-refractivity contribution in [3.05, 3.63) is 0 Å². The first-order valence-corrected chi connectivity index (χ1v) is 5.81. The molecule has 4 heteroatoms. The Morgan fingerprint density at radius 2 is 2.13 bits per heavy atom. The van der Waals surface area contributed by atoms with Crippen molar-refractivity contribution < 1.29 is 9.53 Å². The van der Waals surface area contributed by atoms with E-state index in [9.17, 15) is 4.79 Å². The van der Waals surface area contributed by atoms with Crippen molar-refractivity contribution in [3.63, 3.8) is 0 Å². The van der Waals surface area contributed by atoms with E-state index in [2.05, 4.69) is 10.2 Å². The van der Waals surface area contributed by atoms with Gasteiger partial charge in [-0.3, -0.25) is 4.79 Å². The Morgan fingerprint density at radius 1 is 1.40 bits per heavy atom. The van der Waals surface area contributed by atoms with Crippen molar-refractivity contribution >= 4 is 5.91 Å². The molecule has 1 amide bonds. The van der Waals surface area contributed by atoms with Crippen LogP contribution in [0, 0.1) is 0 Å². The molecule has 0 aliphatic carbocycles. The second-order valence-corrected chi connectivity index (χ2v) is 4.00. The summed E-state index contributed by atoms with van der Waals surface area (Å²) in [6.45, 7) is 4.68. The first-order valence-electron chi connectivity index (χ1n) is 5.81. The zero-order valence-corrected chi connectivity index (χ0v) is 9.63. The third kappa shape index (κ3) is 5.74. The van der Waals surface area contributed by atoms with Gasteiger partial charge in [-0.2, -0.15) is 0 Å². The molecule has 0 bridgehead atoms. The van der Waals surface area contributed by atoms with Gasteiger partial charge < -0.3 is 15.0 Å². The molecule has 1 aliphatic rings. The maximum Gasteiger partial charge on any atom is 0.221 e. The molecule has 1 saturated heterocycles. The van der Waals surface area contributed by atoms with Crippen molar-refractivity contribution in [1.82, 2.24) is 10.2 Å². The molecule has 0 radical (unpaired) electrons. The van der Waals surface area contributed by atoms with E-state index in [0.717, 1.165) is 32.6 Å². The van der Waals surface area contributed by atoms with Crippen LogP contribution in [0.5, 0.6) is 0 Å². The van der Waals surface area contributed by atoms with Gasteiger partial charge in [0.1, 0.15) is 0 Å². The van der Waals surface area contributed by atoms with E-state index in [0.29, 0.717) is 13.0 Å². The fraction of sp³-hybridized carbons (Fsp3) is 0.909. The summed E-state index contributed by atoms with van der Waals surface area (Å²) in [5.74, 6) is 0.165. The van der Waals surface area contributed by atoms with Gasteiger partial charge in [0.15, 0.2) is 0 Å². The fourth-order valence-electron chi connectivity index (χ4n) is 1.80. The Morgan fingerprint density at radius 3 is 2.80 bits per heavy atom. The average Bonchev–Trinajstić information content (AvgIpc) is 2.74. The molecule has 4 nitrogen and oxygen atoms in total. The van der Waals surface area contributed by atoms with Crippen LogP contribution in [0.1, 0.15) is 25.7 Å². The van der Waals surface area contributed by atoms with Crippen molar-refractivity contribution in [2.75, 3.05) is 39.9 Å². The zero-order valence-electron chi connectivity index (χ0n) is 9.63. The molecule has 1 aliphatic heterocycles. The highest BCUT2D eigenvalue weighted by molar-refractivity contribution is 5.75. The van der Waals surface area contributed by atoms with E-state index in [1.165, 1.54) is 12.8 Å². The maximum absolute atomic E-state index is 11.4. The van der Waals surface area contributed by atoms with Gasteiger partial charge in [-0.05, 0) is 32.4 Å². The second kappa shape index (κ2) is 7.65. The molecule has 0 aromatic rings. The number of nitrogens with zero attached hydrogens (tertiary/aromatic N) is 1. The van der Waals surface area contributed by atoms with E-state index in [1.54, 1.807) is 7.11 Å². The molecule has 0 atom stereocenters. The topological polar surface area (TPSA) is 41.6 Å². The normalized spacial score (nSPS) is 16.9. The molecule has 15 heavy (non-hydrogen) atoms. The Balaban J connectivity index is 1.93. The van der Waals surface area contributed by atoms with Gasteiger partial charge in [0.2, 0.25) is 5.91 Å². The highest BCUT2D eigenvalue weighted by Gasteiger charge is 2.12. The smallest absolute Gasteiger partial charge is 0.221 e. The largest absolute Gasteiger partial charge is 0.385 e. The summed E-state index contributed by atoms with van der Waals surface area (Å²) in [6.07, 6.45) is 4.10. The van der Waals surface area contributed by atoms with E-state index < -0.39 is 0 Å². The number of carbonyl (C=O) groups is 1. The summed E-state index contributed by atoms with van der Waals surface area (Å²) >= 11 is 0. The van der Waals surface area contributed by atoms with Gasteiger partial charge in [0.05, 0.1) is 0 Å². The van der Waals surface area contributed by atoms with Gasteiger partial charge in [-0.15, -0.1) is 0 Å². The standard InChI is InChI=1S/C11H22N2O2/c1-15-10-4-6-12-11(14)5-9-13-7-2-3-8-13/h2-10H2,1H3,(H,12,14). The molecule has 1 N–H and O–H groups in total. The van der Waals surface area contributed by atoms with Crippen molar-refractivity contribution in [1.29, 1.82) is 0 Å². The lowest BCUT2D eigenvalue weighted by molar-refractivity contribution is -0.121. The van der Waals surface area contributed by atoms with Crippen molar-refractivity contribution in [2.45, 2.75) is 25.7 Å². The number of methoxy groups -OCH3 is 1. The molecular formula is C11H22N2O2. The SMILES string of the molecule is COCCCNC(=O)CCN1CCCC1. The minimum atomic E-state index is 0.165. The molecule has 0 aromatic heterocycles. The number of hydrogen-bond acceptors (Lipinski definition) is 3. The molecule has 0 spiro atoms. The van der Waals surface area contributed by atoms with E-state index in [-0.39, 0.29) is 5.91 Å². The van der Waals surface area contributed by atoms with Gasteiger partial charge >= 0.3 is 0 Å². The Hall–Kier alpha value is -0.610. The van der Waals surface area contributed by atoms with Gasteiger partial charge in [0.25, 0.3) is 0 Å². The maximum atomic E-state index is 11.4. The first kappa shape index (κ1) is 12.5. The number of rotatable bonds is 7. The summed E-state index contributed by atoms with van der Waals surface area (Å²) in [7, 11) is 1.68. The van der Waals surface area contributed by atoms with Crippen LogP contribution in [-0.2, 0) is 9.53 Å². The van der Waals surface area contributed by atoms with E-state index >= 15 is 0 Å². The number of nitrogens with one attached hydrogen (secondary N) is 1. The molecule has 1 heterocycles. The number of carbonyl (C=O) groups excluding carboxylic acids is 1. The Labute approximate surface area is 92.0 Å². The molecule has 0 unspecified atom stereocenters. The predicted molar refractivity (Wildman–Crippen MR) is 59.8 cm³/mol. The summed E-state index contributed by atoms with van der Waals surface area (Å²) in [5.41, 5.74) is 0. The van der Waals surface area contributed by atoms with Crippen LogP contribution >= 0.6 is 0 Å². The highest BCUT2D eigenvalue weighted by atomic mass is 16.5.